The van der Waals surface area contributed by atoms with E-state index >= 15 is 0 Å². The molecule has 0 saturated heterocycles. The lowest BCUT2D eigenvalue weighted by molar-refractivity contribution is -0.126. The Morgan fingerprint density at radius 3 is 2.00 bits per heavy atom. The molecule has 0 fully saturated rings. The van der Waals surface area contributed by atoms with E-state index in [0.717, 1.165) is 44.2 Å². The zero-order chi connectivity index (χ0) is 22.9. The summed E-state index contributed by atoms with van der Waals surface area (Å²) in [6.45, 7) is 4.29. The highest BCUT2D eigenvalue weighted by atomic mass is 16.2. The Kier molecular flexibility index (Phi) is 13.6. The van der Waals surface area contributed by atoms with Crippen molar-refractivity contribution in [2.75, 3.05) is 18.4 Å². The number of Topliss-reactive ketones (excluding diaryl/α,β-unsaturated/α-hetero) is 1. The average molecular weight is 432 g/mol. The third-order valence-corrected chi connectivity index (χ3v) is 4.88. The molecule has 0 aromatic heterocycles. The van der Waals surface area contributed by atoms with Crippen molar-refractivity contribution in [3.63, 3.8) is 0 Å². The van der Waals surface area contributed by atoms with Crippen LogP contribution in [0.2, 0.25) is 0 Å². The molecule has 1 rings (SSSR count). The predicted molar refractivity (Wildman–Crippen MR) is 122 cm³/mol. The van der Waals surface area contributed by atoms with Crippen LogP contribution in [-0.4, -0.2) is 36.6 Å². The van der Waals surface area contributed by atoms with Gasteiger partial charge in [0.25, 0.3) is 0 Å². The van der Waals surface area contributed by atoms with Crippen LogP contribution in [0.15, 0.2) is 30.3 Å². The van der Waals surface area contributed by atoms with Crippen LogP contribution in [0, 0.1) is 5.92 Å². The van der Waals surface area contributed by atoms with Gasteiger partial charge >= 0.3 is 0 Å². The summed E-state index contributed by atoms with van der Waals surface area (Å²) < 4.78 is 0. The van der Waals surface area contributed by atoms with Gasteiger partial charge in [0.2, 0.25) is 17.7 Å². The number of benzene rings is 1. The van der Waals surface area contributed by atoms with Gasteiger partial charge < -0.3 is 16.0 Å². The van der Waals surface area contributed by atoms with Gasteiger partial charge in [-0.3, -0.25) is 19.2 Å². The molecule has 172 valence electrons. The first-order chi connectivity index (χ1) is 14.9. The number of carbonyl (C=O) groups excluding carboxylic acids is 4. The molecule has 3 amide bonds. The minimum Gasteiger partial charge on any atom is -0.355 e. The zero-order valence-corrected chi connectivity index (χ0v) is 18.9. The van der Waals surface area contributed by atoms with Crippen LogP contribution in [0.5, 0.6) is 0 Å². The topological polar surface area (TPSA) is 104 Å². The number of ketones is 1. The first kappa shape index (κ1) is 26.3. The van der Waals surface area contributed by atoms with E-state index in [1.807, 2.05) is 44.2 Å². The summed E-state index contributed by atoms with van der Waals surface area (Å²) in [6, 6.07) is 9.35. The van der Waals surface area contributed by atoms with Crippen LogP contribution in [-0.2, 0) is 19.2 Å². The lowest BCUT2D eigenvalue weighted by Crippen LogP contribution is -2.37. The third-order valence-electron chi connectivity index (χ3n) is 4.88. The van der Waals surface area contributed by atoms with E-state index < -0.39 is 0 Å². The maximum atomic E-state index is 11.8. The summed E-state index contributed by atoms with van der Waals surface area (Å²) in [5.74, 6) is -0.0329. The second kappa shape index (κ2) is 16.1. The van der Waals surface area contributed by atoms with E-state index in [2.05, 4.69) is 16.0 Å². The Bertz CT molecular complexity index is 689. The number of hydrogen-bond donors (Lipinski definition) is 3. The number of rotatable bonds is 16. The molecular weight excluding hydrogens is 394 g/mol. The molecule has 0 heterocycles. The van der Waals surface area contributed by atoms with Gasteiger partial charge in [0.15, 0.2) is 0 Å². The smallest absolute Gasteiger partial charge is 0.239 e. The van der Waals surface area contributed by atoms with Gasteiger partial charge in [0.05, 0.1) is 6.54 Å². The van der Waals surface area contributed by atoms with E-state index in [1.54, 1.807) is 0 Å². The van der Waals surface area contributed by atoms with Crippen molar-refractivity contribution in [3.05, 3.63) is 30.3 Å². The fourth-order valence-electron chi connectivity index (χ4n) is 2.94. The first-order valence-corrected chi connectivity index (χ1v) is 11.3. The normalized spacial score (nSPS) is 10.5. The van der Waals surface area contributed by atoms with E-state index in [9.17, 15) is 19.2 Å². The Morgan fingerprint density at radius 1 is 0.710 bits per heavy atom. The van der Waals surface area contributed by atoms with E-state index in [0.29, 0.717) is 25.8 Å². The fraction of sp³-hybridized carbons (Fsp3) is 0.583. The highest BCUT2D eigenvalue weighted by molar-refractivity contribution is 5.90. The van der Waals surface area contributed by atoms with Gasteiger partial charge in [0.1, 0.15) is 5.78 Å². The van der Waals surface area contributed by atoms with Gasteiger partial charge in [-0.25, -0.2) is 0 Å². The molecule has 0 saturated carbocycles. The summed E-state index contributed by atoms with van der Waals surface area (Å²) in [5, 5.41) is 8.24. The van der Waals surface area contributed by atoms with Gasteiger partial charge in [-0.1, -0.05) is 44.9 Å². The Labute approximate surface area is 185 Å². The van der Waals surface area contributed by atoms with Gasteiger partial charge in [-0.2, -0.15) is 0 Å². The number of anilines is 1. The lowest BCUT2D eigenvalue weighted by atomic mass is 10.0. The van der Waals surface area contributed by atoms with Crippen molar-refractivity contribution in [3.8, 4) is 0 Å². The van der Waals surface area contributed by atoms with Crippen molar-refractivity contribution >= 4 is 29.2 Å². The molecule has 1 aromatic rings. The Hall–Kier alpha value is -2.70. The van der Waals surface area contributed by atoms with Gasteiger partial charge in [0, 0.05) is 37.4 Å². The lowest BCUT2D eigenvalue weighted by Gasteiger charge is -2.08. The van der Waals surface area contributed by atoms with Gasteiger partial charge in [-0.05, 0) is 37.8 Å². The van der Waals surface area contributed by atoms with Crippen LogP contribution in [0.3, 0.4) is 0 Å². The Morgan fingerprint density at radius 2 is 1.32 bits per heavy atom. The summed E-state index contributed by atoms with van der Waals surface area (Å²) >= 11 is 0. The molecule has 0 aliphatic heterocycles. The largest absolute Gasteiger partial charge is 0.355 e. The molecular formula is C24H37N3O4. The predicted octanol–water partition coefficient (Wildman–Crippen LogP) is 3.59. The molecule has 7 nitrogen and oxygen atoms in total. The van der Waals surface area contributed by atoms with E-state index in [1.165, 1.54) is 0 Å². The molecule has 0 spiro atoms. The zero-order valence-electron chi connectivity index (χ0n) is 18.9. The minimum absolute atomic E-state index is 0.00975. The standard InChI is InChI=1S/C24H37N3O4/c1-19(2)21(28)14-8-4-9-15-22(29)26-18-24(31)25-17-11-5-10-16-23(30)27-20-12-6-3-7-13-20/h3,6-7,12-13,19H,4-5,8-11,14-18H2,1-2H3,(H,25,31)(H,26,29)(H,27,30). The number of amides is 3. The third kappa shape index (κ3) is 14.0. The quantitative estimate of drug-likeness (QED) is 0.348. The summed E-state index contributed by atoms with van der Waals surface area (Å²) in [7, 11) is 0. The van der Waals surface area contributed by atoms with Crippen molar-refractivity contribution in [2.24, 2.45) is 5.92 Å². The minimum atomic E-state index is -0.210. The summed E-state index contributed by atoms with van der Waals surface area (Å²) in [5.41, 5.74) is 0.794. The molecule has 1 aromatic carbocycles. The molecule has 0 aliphatic carbocycles. The van der Waals surface area contributed by atoms with Gasteiger partial charge in [-0.15, -0.1) is 0 Å². The highest BCUT2D eigenvalue weighted by Crippen LogP contribution is 2.08. The molecule has 0 atom stereocenters. The number of unbranched alkanes of at least 4 members (excludes halogenated alkanes) is 4. The van der Waals surface area contributed by atoms with Crippen molar-refractivity contribution in [1.82, 2.24) is 10.6 Å². The Balaban J connectivity index is 1.95. The molecule has 0 radical (unpaired) electrons. The molecule has 7 heteroatoms. The number of hydrogen-bond acceptors (Lipinski definition) is 4. The highest BCUT2D eigenvalue weighted by Gasteiger charge is 2.08. The second-order valence-corrected chi connectivity index (χ2v) is 8.03. The monoisotopic (exact) mass is 431 g/mol. The van der Waals surface area contributed by atoms with Crippen molar-refractivity contribution in [2.45, 2.75) is 71.6 Å². The van der Waals surface area contributed by atoms with Crippen LogP contribution in [0.25, 0.3) is 0 Å². The maximum Gasteiger partial charge on any atom is 0.239 e. The maximum absolute atomic E-state index is 11.8. The second-order valence-electron chi connectivity index (χ2n) is 8.03. The average Bonchev–Trinajstić information content (AvgIpc) is 2.74. The number of para-hydroxylation sites is 1. The van der Waals surface area contributed by atoms with Crippen LogP contribution >= 0.6 is 0 Å². The van der Waals surface area contributed by atoms with Crippen LogP contribution in [0.4, 0.5) is 5.69 Å². The summed E-state index contributed by atoms with van der Waals surface area (Å²) in [6.07, 6.45) is 6.13. The molecule has 31 heavy (non-hydrogen) atoms. The molecule has 3 N–H and O–H groups in total. The van der Waals surface area contributed by atoms with Crippen molar-refractivity contribution in [1.29, 1.82) is 0 Å². The van der Waals surface area contributed by atoms with Crippen molar-refractivity contribution < 1.29 is 19.2 Å². The van der Waals surface area contributed by atoms with Crippen LogP contribution in [0.1, 0.15) is 71.6 Å². The molecule has 0 aliphatic rings. The van der Waals surface area contributed by atoms with Crippen LogP contribution < -0.4 is 16.0 Å². The molecule has 0 unspecified atom stereocenters. The first-order valence-electron chi connectivity index (χ1n) is 11.3. The SMILES string of the molecule is CC(C)C(=O)CCCCCC(=O)NCC(=O)NCCCCCC(=O)Nc1ccccc1. The summed E-state index contributed by atoms with van der Waals surface area (Å²) in [4.78, 5) is 46.9. The number of carbonyl (C=O) groups is 4. The van der Waals surface area contributed by atoms with E-state index in [4.69, 9.17) is 0 Å². The van der Waals surface area contributed by atoms with E-state index in [-0.39, 0.29) is 36.0 Å². The number of nitrogens with one attached hydrogen (secondary N) is 3. The molecule has 0 bridgehead atoms. The fourth-order valence-corrected chi connectivity index (χ4v) is 2.94.